The van der Waals surface area contributed by atoms with Gasteiger partial charge in [0.05, 0.1) is 15.2 Å². The Bertz CT molecular complexity index is 540. The van der Waals surface area contributed by atoms with E-state index in [1.807, 2.05) is 13.0 Å². The van der Waals surface area contributed by atoms with E-state index in [4.69, 9.17) is 11.6 Å². The summed E-state index contributed by atoms with van der Waals surface area (Å²) < 4.78 is 14.3. The minimum Gasteiger partial charge on any atom is -0.337 e. The quantitative estimate of drug-likeness (QED) is 0.869. The maximum absolute atomic E-state index is 13.6. The van der Waals surface area contributed by atoms with Crippen LogP contribution in [0.5, 0.6) is 0 Å². The highest BCUT2D eigenvalue weighted by molar-refractivity contribution is 9.10. The highest BCUT2D eigenvalue weighted by Gasteiger charge is 2.08. The number of hydrogen-bond donors (Lipinski definition) is 1. The van der Waals surface area contributed by atoms with Crippen LogP contribution in [0.4, 0.5) is 15.9 Å². The van der Waals surface area contributed by atoms with Crippen LogP contribution >= 0.6 is 27.5 Å². The first kappa shape index (κ1) is 12.3. The third-order valence-corrected chi connectivity index (χ3v) is 3.08. The van der Waals surface area contributed by atoms with E-state index in [1.165, 1.54) is 12.3 Å². The van der Waals surface area contributed by atoms with Crippen molar-refractivity contribution in [2.45, 2.75) is 6.92 Å². The van der Waals surface area contributed by atoms with Crippen molar-refractivity contribution in [2.75, 3.05) is 5.32 Å². The lowest BCUT2D eigenvalue weighted by molar-refractivity contribution is 0.631. The number of anilines is 2. The molecule has 2 aromatic rings. The molecule has 0 aliphatic carbocycles. The number of aryl methyl sites for hydroxylation is 1. The Kier molecular flexibility index (Phi) is 3.64. The number of rotatable bonds is 2. The van der Waals surface area contributed by atoms with Crippen molar-refractivity contribution in [1.82, 2.24) is 4.98 Å². The fourth-order valence-corrected chi connectivity index (χ4v) is 2.15. The largest absolute Gasteiger partial charge is 0.337 e. The van der Waals surface area contributed by atoms with E-state index in [2.05, 4.69) is 26.2 Å². The van der Waals surface area contributed by atoms with E-state index in [9.17, 15) is 4.39 Å². The van der Waals surface area contributed by atoms with Crippen LogP contribution in [0.2, 0.25) is 5.02 Å². The molecule has 0 saturated carbocycles. The van der Waals surface area contributed by atoms with Gasteiger partial charge in [-0.25, -0.2) is 9.37 Å². The van der Waals surface area contributed by atoms with Gasteiger partial charge in [0.25, 0.3) is 0 Å². The maximum atomic E-state index is 13.6. The molecule has 0 unspecified atom stereocenters. The van der Waals surface area contributed by atoms with E-state index < -0.39 is 0 Å². The summed E-state index contributed by atoms with van der Waals surface area (Å²) in [5.74, 6) is 0.219. The third-order valence-electron chi connectivity index (χ3n) is 2.27. The minimum absolute atomic E-state index is 0.311. The second-order valence-corrected chi connectivity index (χ2v) is 4.83. The Morgan fingerprint density at radius 1 is 1.41 bits per heavy atom. The van der Waals surface area contributed by atoms with Crippen molar-refractivity contribution in [2.24, 2.45) is 0 Å². The van der Waals surface area contributed by atoms with Crippen molar-refractivity contribution in [3.8, 4) is 0 Å². The van der Waals surface area contributed by atoms with Gasteiger partial charge in [0.2, 0.25) is 0 Å². The zero-order chi connectivity index (χ0) is 12.4. The first-order valence-electron chi connectivity index (χ1n) is 4.91. The summed E-state index contributed by atoms with van der Waals surface area (Å²) in [7, 11) is 0. The fraction of sp³-hybridized carbons (Fsp3) is 0.0833. The topological polar surface area (TPSA) is 24.9 Å². The molecular formula is C12H9BrClFN2. The molecule has 0 spiro atoms. The lowest BCUT2D eigenvalue weighted by atomic mass is 10.2. The van der Waals surface area contributed by atoms with Crippen LogP contribution in [0.15, 0.2) is 34.9 Å². The molecule has 2 nitrogen and oxygen atoms in total. The molecule has 1 aromatic heterocycles. The zero-order valence-corrected chi connectivity index (χ0v) is 11.3. The molecule has 0 bridgehead atoms. The standard InChI is InChI=1S/C12H9BrClFN2/c1-7-3-2-4-10(15)11(7)17-12-9(13)5-8(14)6-16-12/h2-6H,1H3,(H,16,17). The second kappa shape index (κ2) is 5.02. The van der Waals surface area contributed by atoms with Crippen molar-refractivity contribution in [1.29, 1.82) is 0 Å². The third kappa shape index (κ3) is 2.76. The monoisotopic (exact) mass is 314 g/mol. The van der Waals surface area contributed by atoms with Crippen LogP contribution < -0.4 is 5.32 Å². The van der Waals surface area contributed by atoms with Gasteiger partial charge in [-0.15, -0.1) is 0 Å². The number of para-hydroxylation sites is 1. The lowest BCUT2D eigenvalue weighted by Crippen LogP contribution is -1.99. The summed E-state index contributed by atoms with van der Waals surface area (Å²) in [5, 5.41) is 3.47. The highest BCUT2D eigenvalue weighted by atomic mass is 79.9. The van der Waals surface area contributed by atoms with Crippen molar-refractivity contribution < 1.29 is 4.39 Å². The van der Waals surface area contributed by atoms with Gasteiger partial charge in [-0.05, 0) is 40.5 Å². The summed E-state index contributed by atoms with van der Waals surface area (Å²) >= 11 is 9.11. The number of benzene rings is 1. The molecule has 17 heavy (non-hydrogen) atoms. The average Bonchev–Trinajstić information content (AvgIpc) is 2.26. The van der Waals surface area contributed by atoms with E-state index in [-0.39, 0.29) is 5.82 Å². The maximum Gasteiger partial charge on any atom is 0.146 e. The Labute approximate surface area is 112 Å². The summed E-state index contributed by atoms with van der Waals surface area (Å²) in [5.41, 5.74) is 1.23. The highest BCUT2D eigenvalue weighted by Crippen LogP contribution is 2.28. The second-order valence-electron chi connectivity index (χ2n) is 3.54. The van der Waals surface area contributed by atoms with Crippen LogP contribution in [0.1, 0.15) is 5.56 Å². The molecule has 2 rings (SSSR count). The predicted molar refractivity (Wildman–Crippen MR) is 71.4 cm³/mol. The molecular weight excluding hydrogens is 307 g/mol. The van der Waals surface area contributed by atoms with Crippen molar-refractivity contribution >= 4 is 39.0 Å². The summed E-state index contributed by atoms with van der Waals surface area (Å²) in [4.78, 5) is 4.10. The van der Waals surface area contributed by atoms with Gasteiger partial charge in [0.1, 0.15) is 11.6 Å². The van der Waals surface area contributed by atoms with Crippen LogP contribution in [0.25, 0.3) is 0 Å². The SMILES string of the molecule is Cc1cccc(F)c1Nc1ncc(Cl)cc1Br. The zero-order valence-electron chi connectivity index (χ0n) is 8.97. The number of hydrogen-bond acceptors (Lipinski definition) is 2. The fourth-order valence-electron chi connectivity index (χ4n) is 1.42. The van der Waals surface area contributed by atoms with Crippen molar-refractivity contribution in [3.63, 3.8) is 0 Å². The van der Waals surface area contributed by atoms with Gasteiger partial charge in [-0.1, -0.05) is 23.7 Å². The molecule has 0 atom stereocenters. The van der Waals surface area contributed by atoms with E-state index in [0.29, 0.717) is 21.0 Å². The molecule has 0 saturated heterocycles. The number of aromatic nitrogens is 1. The van der Waals surface area contributed by atoms with Gasteiger partial charge in [-0.2, -0.15) is 0 Å². The molecule has 0 fully saturated rings. The number of halogens is 3. The van der Waals surface area contributed by atoms with Crippen LogP contribution in [-0.2, 0) is 0 Å². The number of nitrogens with zero attached hydrogens (tertiary/aromatic N) is 1. The molecule has 5 heteroatoms. The summed E-state index contributed by atoms with van der Waals surface area (Å²) in [6.45, 7) is 1.83. The van der Waals surface area contributed by atoms with Crippen LogP contribution in [0, 0.1) is 12.7 Å². The molecule has 1 heterocycles. The molecule has 1 aromatic carbocycles. The Balaban J connectivity index is 2.38. The molecule has 0 radical (unpaired) electrons. The number of nitrogens with one attached hydrogen (secondary N) is 1. The predicted octanol–water partition coefficient (Wildman–Crippen LogP) is 4.69. The van der Waals surface area contributed by atoms with E-state index in [1.54, 1.807) is 12.1 Å². The summed E-state index contributed by atoms with van der Waals surface area (Å²) in [6.07, 6.45) is 1.50. The van der Waals surface area contributed by atoms with Gasteiger partial charge < -0.3 is 5.32 Å². The average molecular weight is 316 g/mol. The lowest BCUT2D eigenvalue weighted by Gasteiger charge is -2.11. The van der Waals surface area contributed by atoms with E-state index in [0.717, 1.165) is 5.56 Å². The van der Waals surface area contributed by atoms with Crippen LogP contribution in [-0.4, -0.2) is 4.98 Å². The first-order valence-corrected chi connectivity index (χ1v) is 6.08. The minimum atomic E-state index is -0.311. The van der Waals surface area contributed by atoms with Gasteiger partial charge in [0, 0.05) is 6.20 Å². The first-order chi connectivity index (χ1) is 8.08. The molecule has 0 aliphatic heterocycles. The van der Waals surface area contributed by atoms with Gasteiger partial charge >= 0.3 is 0 Å². The molecule has 0 amide bonds. The van der Waals surface area contributed by atoms with E-state index >= 15 is 0 Å². The Hall–Kier alpha value is -1.13. The number of pyridine rings is 1. The molecule has 1 N–H and O–H groups in total. The smallest absolute Gasteiger partial charge is 0.146 e. The van der Waals surface area contributed by atoms with Crippen molar-refractivity contribution in [3.05, 3.63) is 51.3 Å². The Morgan fingerprint density at radius 2 is 2.18 bits per heavy atom. The normalized spacial score (nSPS) is 10.4. The van der Waals surface area contributed by atoms with Crippen LogP contribution in [0.3, 0.4) is 0 Å². The van der Waals surface area contributed by atoms with Gasteiger partial charge in [-0.3, -0.25) is 0 Å². The van der Waals surface area contributed by atoms with Gasteiger partial charge in [0.15, 0.2) is 0 Å². The Morgan fingerprint density at radius 3 is 2.82 bits per heavy atom. The summed E-state index contributed by atoms with van der Waals surface area (Å²) in [6, 6.07) is 6.60. The molecule has 88 valence electrons. The molecule has 0 aliphatic rings.